The lowest BCUT2D eigenvalue weighted by Crippen LogP contribution is -2.57. The van der Waals surface area contributed by atoms with Crippen molar-refractivity contribution in [3.8, 4) is 21.2 Å². The molecule has 72 heavy (non-hydrogen) atoms. The minimum atomic E-state index is -0.931. The molecule has 3 N–H and O–H groups in total. The number of likely N-dealkylation sites (tertiary alicyclic amines) is 1. The zero-order chi connectivity index (χ0) is 51.0. The standard InChI is InChI=1S/C54H59ClN10O5S2/c1-30-22-42(51(68)58-25-35-10-12-37(13-11-35)48-32(3)59-29-71-48)64(27-30)52(69)49(54(6,7)8)62-50(67)41-28-63-20-18-39(23-44(63)60-41)70-21-9-19-56-45(66)24-40-43-26-57-34(5)65(43)53-46(31(2)33(4)72-53)47(61-40)36-14-16-38(55)17-15-36/h10-18,20,23,26,28-30,40,42,49H,9,19,21-22,24-25,27H2,1-8H3,(H,56,66)(H,58,68)(H,62,67)/t30?,40?,42-,49+/m0/s1. The van der Waals surface area contributed by atoms with Gasteiger partial charge in [0.1, 0.15) is 46.0 Å². The number of thiazole rings is 1. The summed E-state index contributed by atoms with van der Waals surface area (Å²) in [6, 6.07) is 17.1. The summed E-state index contributed by atoms with van der Waals surface area (Å²) < 4.78 is 9.92. The molecule has 374 valence electrons. The molecule has 0 aliphatic carbocycles. The van der Waals surface area contributed by atoms with Gasteiger partial charge in [0.2, 0.25) is 17.7 Å². The van der Waals surface area contributed by atoms with E-state index >= 15 is 0 Å². The Morgan fingerprint density at radius 2 is 1.71 bits per heavy atom. The Bertz CT molecular complexity index is 3200. The molecule has 2 unspecified atom stereocenters. The number of carbonyl (C=O) groups is 4. The average molecular weight is 1030 g/mol. The maximum atomic E-state index is 14.4. The number of aromatic nitrogens is 5. The van der Waals surface area contributed by atoms with Crippen LogP contribution in [-0.2, 0) is 20.9 Å². The Kier molecular flexibility index (Phi) is 14.5. The van der Waals surface area contributed by atoms with E-state index < -0.39 is 29.4 Å². The number of aryl methyl sites for hydroxylation is 3. The van der Waals surface area contributed by atoms with Crippen molar-refractivity contribution in [1.82, 2.24) is 44.8 Å². The topological polar surface area (TPSA) is 177 Å². The quantitative estimate of drug-likeness (QED) is 0.0852. The van der Waals surface area contributed by atoms with Crippen molar-refractivity contribution in [3.05, 3.63) is 140 Å². The summed E-state index contributed by atoms with van der Waals surface area (Å²) in [4.78, 5) is 78.3. The van der Waals surface area contributed by atoms with E-state index in [9.17, 15) is 19.2 Å². The molecule has 0 radical (unpaired) electrons. The van der Waals surface area contributed by atoms with Gasteiger partial charge in [-0.2, -0.15) is 0 Å². The van der Waals surface area contributed by atoms with Crippen LogP contribution in [-0.4, -0.2) is 89.9 Å². The van der Waals surface area contributed by atoms with Crippen molar-refractivity contribution in [2.24, 2.45) is 16.3 Å². The van der Waals surface area contributed by atoms with Crippen LogP contribution in [0.5, 0.6) is 5.75 Å². The second-order valence-corrected chi connectivity index (χ2v) is 22.3. The molecule has 7 heterocycles. The van der Waals surface area contributed by atoms with Gasteiger partial charge in [0, 0.05) is 59.1 Å². The normalized spacial score (nSPS) is 16.9. The summed E-state index contributed by atoms with van der Waals surface area (Å²) in [6.07, 6.45) is 6.38. The number of halogens is 1. The Labute approximate surface area is 432 Å². The lowest BCUT2D eigenvalue weighted by atomic mass is 9.85. The van der Waals surface area contributed by atoms with Gasteiger partial charge >= 0.3 is 0 Å². The molecular weight excluding hydrogens is 968 g/mol. The van der Waals surface area contributed by atoms with E-state index in [2.05, 4.69) is 49.3 Å². The molecule has 0 spiro atoms. The van der Waals surface area contributed by atoms with E-state index in [0.717, 1.165) is 60.6 Å². The summed E-state index contributed by atoms with van der Waals surface area (Å²) in [6.45, 7) is 17.3. The number of benzene rings is 2. The lowest BCUT2D eigenvalue weighted by molar-refractivity contribution is -0.142. The Morgan fingerprint density at radius 1 is 0.958 bits per heavy atom. The summed E-state index contributed by atoms with van der Waals surface area (Å²) in [7, 11) is 0. The maximum absolute atomic E-state index is 14.4. The minimum absolute atomic E-state index is 0.0971. The second-order valence-electron chi connectivity index (χ2n) is 19.8. The number of hydrogen-bond acceptors (Lipinski definition) is 11. The number of fused-ring (bicyclic) bond motifs is 4. The molecule has 9 rings (SSSR count). The molecule has 18 heteroatoms. The first-order valence-electron chi connectivity index (χ1n) is 24.2. The molecule has 1 fully saturated rings. The van der Waals surface area contributed by atoms with Gasteiger partial charge < -0.3 is 30.0 Å². The van der Waals surface area contributed by atoms with Crippen LogP contribution in [0.25, 0.3) is 21.1 Å². The molecule has 15 nitrogen and oxygen atoms in total. The van der Waals surface area contributed by atoms with Gasteiger partial charge in [-0.25, -0.2) is 15.0 Å². The largest absolute Gasteiger partial charge is 0.493 e. The fourth-order valence-electron chi connectivity index (χ4n) is 9.39. The van der Waals surface area contributed by atoms with Crippen LogP contribution in [0.15, 0.2) is 89.8 Å². The molecule has 4 amide bonds. The number of carbonyl (C=O) groups excluding carboxylic acids is 4. The van der Waals surface area contributed by atoms with E-state index in [1.54, 1.807) is 56.5 Å². The maximum Gasteiger partial charge on any atom is 0.272 e. The number of nitrogens with zero attached hydrogens (tertiary/aromatic N) is 7. The molecule has 2 aliphatic rings. The molecule has 1 saturated heterocycles. The van der Waals surface area contributed by atoms with Crippen LogP contribution in [0, 0.1) is 39.0 Å². The van der Waals surface area contributed by atoms with E-state index in [4.69, 9.17) is 21.3 Å². The first kappa shape index (κ1) is 50.3. The monoisotopic (exact) mass is 1030 g/mol. The second kappa shape index (κ2) is 20.8. The smallest absolute Gasteiger partial charge is 0.272 e. The molecule has 0 saturated carbocycles. The van der Waals surface area contributed by atoms with Gasteiger partial charge in [-0.1, -0.05) is 75.7 Å². The fraction of sp³-hybridized carbons (Fsp3) is 0.370. The molecule has 2 aliphatic heterocycles. The third-order valence-corrected chi connectivity index (χ3v) is 15.8. The molecule has 5 aromatic heterocycles. The Morgan fingerprint density at radius 3 is 2.43 bits per heavy atom. The number of rotatable bonds is 15. The number of amides is 4. The van der Waals surface area contributed by atoms with Crippen molar-refractivity contribution >= 4 is 69.3 Å². The number of thiophene rings is 1. The highest BCUT2D eigenvalue weighted by Gasteiger charge is 2.44. The summed E-state index contributed by atoms with van der Waals surface area (Å²) >= 11 is 9.56. The van der Waals surface area contributed by atoms with E-state index in [1.807, 2.05) is 102 Å². The summed E-state index contributed by atoms with van der Waals surface area (Å²) in [5.74, 6) is 0.291. The number of nitrogens with one attached hydrogen (secondary N) is 3. The lowest BCUT2D eigenvalue weighted by Gasteiger charge is -2.35. The van der Waals surface area contributed by atoms with Gasteiger partial charge in [-0.3, -0.25) is 28.7 Å². The van der Waals surface area contributed by atoms with Gasteiger partial charge in [0.15, 0.2) is 0 Å². The van der Waals surface area contributed by atoms with Crippen LogP contribution in [0.3, 0.4) is 0 Å². The summed E-state index contributed by atoms with van der Waals surface area (Å²) in [5, 5.41) is 10.8. The number of ether oxygens (including phenoxy) is 1. The third-order valence-electron chi connectivity index (χ3n) is 13.4. The number of aliphatic imine (C=N–C) groups is 1. The van der Waals surface area contributed by atoms with Gasteiger partial charge in [-0.15, -0.1) is 22.7 Å². The van der Waals surface area contributed by atoms with Crippen LogP contribution >= 0.6 is 34.3 Å². The summed E-state index contributed by atoms with van der Waals surface area (Å²) in [5.41, 5.74) is 9.57. The van der Waals surface area contributed by atoms with Crippen LogP contribution < -0.4 is 20.7 Å². The molecule has 4 atom stereocenters. The fourth-order valence-corrected chi connectivity index (χ4v) is 11.6. The van der Waals surface area contributed by atoms with Crippen LogP contribution in [0.4, 0.5) is 0 Å². The van der Waals surface area contributed by atoms with Crippen LogP contribution in [0.1, 0.15) is 108 Å². The van der Waals surface area contributed by atoms with Crippen molar-refractivity contribution < 1.29 is 23.9 Å². The number of hydrogen-bond donors (Lipinski definition) is 3. The van der Waals surface area contributed by atoms with E-state index in [-0.39, 0.29) is 35.8 Å². The first-order valence-corrected chi connectivity index (χ1v) is 26.3. The zero-order valence-corrected chi connectivity index (χ0v) is 44.1. The molecule has 7 aromatic rings. The van der Waals surface area contributed by atoms with Crippen molar-refractivity contribution in [2.75, 3.05) is 19.7 Å². The molecule has 2 aromatic carbocycles. The van der Waals surface area contributed by atoms with Gasteiger partial charge in [0.05, 0.1) is 46.7 Å². The predicted molar refractivity (Wildman–Crippen MR) is 283 cm³/mol. The SMILES string of the molecule is Cc1ncsc1-c1ccc(CNC(=O)[C@@H]2CC(C)CN2C(=O)[C@@H](NC(=O)c2cn3ccc(OCCCNC(=O)CC4N=C(c5ccc(Cl)cc5)c5c(sc(C)c5C)-n5c4cnc5C)cc3n2)C(C)(C)C)cc1. The van der Waals surface area contributed by atoms with Crippen LogP contribution in [0.2, 0.25) is 5.02 Å². The molecular formula is C54H59ClN10O5S2. The molecule has 0 bridgehead atoms. The highest BCUT2D eigenvalue weighted by Crippen LogP contribution is 2.40. The first-order chi connectivity index (χ1) is 34.4. The highest BCUT2D eigenvalue weighted by molar-refractivity contribution is 7.15. The van der Waals surface area contributed by atoms with E-state index in [0.29, 0.717) is 55.5 Å². The minimum Gasteiger partial charge on any atom is -0.493 e. The van der Waals surface area contributed by atoms with Crippen molar-refractivity contribution in [3.63, 3.8) is 0 Å². The van der Waals surface area contributed by atoms with Crippen molar-refractivity contribution in [2.45, 2.75) is 99.3 Å². The van der Waals surface area contributed by atoms with Gasteiger partial charge in [-0.05, 0) is 86.8 Å². The third kappa shape index (κ3) is 10.6. The number of imidazole rings is 2. The number of pyridine rings is 1. The van der Waals surface area contributed by atoms with Crippen molar-refractivity contribution in [1.29, 1.82) is 0 Å². The Hall–Kier alpha value is -6.69. The highest BCUT2D eigenvalue weighted by atomic mass is 35.5. The average Bonchev–Trinajstić information content (AvgIpc) is 4.19. The zero-order valence-electron chi connectivity index (χ0n) is 41.7. The van der Waals surface area contributed by atoms with E-state index in [1.165, 1.54) is 4.88 Å². The Balaban J connectivity index is 0.788. The predicted octanol–water partition coefficient (Wildman–Crippen LogP) is 9.16. The van der Waals surface area contributed by atoms with Gasteiger partial charge in [0.25, 0.3) is 5.91 Å².